The lowest BCUT2D eigenvalue weighted by molar-refractivity contribution is -0.131. The molecular weight excluding hydrogens is 323 g/mol. The number of nitrogens with one attached hydrogen (secondary N) is 1. The molecule has 22 heavy (non-hydrogen) atoms. The molecule has 0 bridgehead atoms. The SMILES string of the molecule is CCC(CC)(CN)C(=O)NCc1cn2c(n1)CCCC2.Cl.Cl. The topological polar surface area (TPSA) is 72.9 Å². The van der Waals surface area contributed by atoms with Crippen molar-refractivity contribution < 1.29 is 4.79 Å². The fourth-order valence-corrected chi connectivity index (χ4v) is 2.87. The molecule has 2 rings (SSSR count). The number of aryl methyl sites for hydroxylation is 2. The quantitative estimate of drug-likeness (QED) is 0.827. The zero-order valence-corrected chi connectivity index (χ0v) is 15.1. The molecule has 1 aliphatic heterocycles. The Hall–Kier alpha value is -0.780. The standard InChI is InChI=1S/C15H26N4O.2ClH/c1-3-15(4-2,11-16)14(20)17-9-12-10-19-8-6-5-7-13(19)18-12;;/h10H,3-9,11,16H2,1-2H3,(H,17,20);2*1H. The highest BCUT2D eigenvalue weighted by molar-refractivity contribution is 5.85. The Bertz CT molecular complexity index is 440. The van der Waals surface area contributed by atoms with Gasteiger partial charge in [0.1, 0.15) is 5.82 Å². The van der Waals surface area contributed by atoms with Crippen LogP contribution < -0.4 is 11.1 Å². The fourth-order valence-electron chi connectivity index (χ4n) is 2.87. The summed E-state index contributed by atoms with van der Waals surface area (Å²) in [6, 6.07) is 0. The van der Waals surface area contributed by atoms with Gasteiger partial charge in [0.15, 0.2) is 0 Å². The largest absolute Gasteiger partial charge is 0.350 e. The van der Waals surface area contributed by atoms with E-state index in [-0.39, 0.29) is 30.7 Å². The minimum absolute atomic E-state index is 0. The van der Waals surface area contributed by atoms with Crippen molar-refractivity contribution in [2.24, 2.45) is 11.1 Å². The molecule has 0 aromatic carbocycles. The molecular formula is C15H28Cl2N4O. The Morgan fingerprint density at radius 2 is 2.05 bits per heavy atom. The second-order valence-electron chi connectivity index (χ2n) is 5.67. The summed E-state index contributed by atoms with van der Waals surface area (Å²) in [6.07, 6.45) is 7.08. The normalized spacial score (nSPS) is 13.6. The van der Waals surface area contributed by atoms with Crippen LogP contribution >= 0.6 is 24.8 Å². The first-order valence-corrected chi connectivity index (χ1v) is 7.68. The molecule has 0 radical (unpaired) electrons. The molecule has 1 amide bonds. The lowest BCUT2D eigenvalue weighted by atomic mass is 9.81. The van der Waals surface area contributed by atoms with Gasteiger partial charge < -0.3 is 15.6 Å². The summed E-state index contributed by atoms with van der Waals surface area (Å²) >= 11 is 0. The molecule has 0 aliphatic carbocycles. The van der Waals surface area contributed by atoms with Gasteiger partial charge in [0, 0.05) is 25.7 Å². The summed E-state index contributed by atoms with van der Waals surface area (Å²) < 4.78 is 2.21. The number of aromatic nitrogens is 2. The van der Waals surface area contributed by atoms with Crippen LogP contribution in [-0.4, -0.2) is 22.0 Å². The maximum absolute atomic E-state index is 12.3. The molecule has 7 heteroatoms. The van der Waals surface area contributed by atoms with Crippen molar-refractivity contribution in [3.05, 3.63) is 17.7 Å². The molecule has 1 aromatic rings. The van der Waals surface area contributed by atoms with Gasteiger partial charge in [-0.3, -0.25) is 4.79 Å². The van der Waals surface area contributed by atoms with Gasteiger partial charge in [0.2, 0.25) is 5.91 Å². The van der Waals surface area contributed by atoms with E-state index in [2.05, 4.69) is 21.1 Å². The molecule has 0 atom stereocenters. The van der Waals surface area contributed by atoms with Crippen LogP contribution in [0.1, 0.15) is 51.0 Å². The highest BCUT2D eigenvalue weighted by atomic mass is 35.5. The van der Waals surface area contributed by atoms with Crippen LogP contribution in [0, 0.1) is 5.41 Å². The van der Waals surface area contributed by atoms with Gasteiger partial charge in [-0.05, 0) is 25.7 Å². The predicted octanol–water partition coefficient (Wildman–Crippen LogP) is 2.44. The minimum Gasteiger partial charge on any atom is -0.350 e. The number of halogens is 2. The van der Waals surface area contributed by atoms with Crippen molar-refractivity contribution in [3.8, 4) is 0 Å². The van der Waals surface area contributed by atoms with E-state index >= 15 is 0 Å². The molecule has 128 valence electrons. The molecule has 3 N–H and O–H groups in total. The molecule has 5 nitrogen and oxygen atoms in total. The van der Waals surface area contributed by atoms with Gasteiger partial charge in [0.05, 0.1) is 17.7 Å². The molecule has 0 saturated carbocycles. The van der Waals surface area contributed by atoms with Crippen molar-refractivity contribution in [2.75, 3.05) is 6.54 Å². The average Bonchev–Trinajstić information content (AvgIpc) is 2.90. The van der Waals surface area contributed by atoms with Gasteiger partial charge in [-0.2, -0.15) is 0 Å². The Kier molecular flexibility index (Phi) is 9.05. The number of nitrogens with two attached hydrogens (primary N) is 1. The molecule has 0 fully saturated rings. The van der Waals surface area contributed by atoms with E-state index in [0.717, 1.165) is 37.3 Å². The third-order valence-electron chi connectivity index (χ3n) is 4.61. The second-order valence-corrected chi connectivity index (χ2v) is 5.67. The Morgan fingerprint density at radius 3 is 2.59 bits per heavy atom. The number of carbonyl (C=O) groups excluding carboxylic acids is 1. The lowest BCUT2D eigenvalue weighted by Crippen LogP contribution is -2.45. The van der Waals surface area contributed by atoms with Crippen molar-refractivity contribution >= 4 is 30.7 Å². The number of fused-ring (bicyclic) bond motifs is 1. The number of carbonyl (C=O) groups is 1. The number of hydrogen-bond acceptors (Lipinski definition) is 3. The average molecular weight is 351 g/mol. The van der Waals surface area contributed by atoms with Gasteiger partial charge in [-0.1, -0.05) is 13.8 Å². The summed E-state index contributed by atoms with van der Waals surface area (Å²) in [5.74, 6) is 1.20. The first-order valence-electron chi connectivity index (χ1n) is 7.68. The lowest BCUT2D eigenvalue weighted by Gasteiger charge is -2.28. The Balaban J connectivity index is 0.00000220. The van der Waals surface area contributed by atoms with Gasteiger partial charge in [-0.25, -0.2) is 4.98 Å². The Morgan fingerprint density at radius 1 is 1.36 bits per heavy atom. The number of rotatable bonds is 6. The number of imidazole rings is 1. The van der Waals surface area contributed by atoms with E-state index in [9.17, 15) is 4.79 Å². The second kappa shape index (κ2) is 9.38. The van der Waals surface area contributed by atoms with Crippen molar-refractivity contribution in [1.29, 1.82) is 0 Å². The molecule has 1 aliphatic rings. The van der Waals surface area contributed by atoms with Crippen LogP contribution in [0.2, 0.25) is 0 Å². The van der Waals surface area contributed by atoms with Crippen molar-refractivity contribution in [1.82, 2.24) is 14.9 Å². The maximum Gasteiger partial charge on any atom is 0.227 e. The summed E-state index contributed by atoms with van der Waals surface area (Å²) in [4.78, 5) is 16.9. The fraction of sp³-hybridized carbons (Fsp3) is 0.733. The van der Waals surface area contributed by atoms with E-state index in [4.69, 9.17) is 5.73 Å². The van der Waals surface area contributed by atoms with Gasteiger partial charge in [-0.15, -0.1) is 24.8 Å². The van der Waals surface area contributed by atoms with Crippen molar-refractivity contribution in [3.63, 3.8) is 0 Å². The molecule has 1 aromatic heterocycles. The summed E-state index contributed by atoms with van der Waals surface area (Å²) in [5, 5.41) is 3.01. The number of nitrogens with zero attached hydrogens (tertiary/aromatic N) is 2. The van der Waals surface area contributed by atoms with E-state index in [1.54, 1.807) is 0 Å². The molecule has 0 unspecified atom stereocenters. The summed E-state index contributed by atoms with van der Waals surface area (Å²) in [6.45, 7) is 5.98. The van der Waals surface area contributed by atoms with Crippen LogP contribution in [-0.2, 0) is 24.3 Å². The molecule has 2 heterocycles. The van der Waals surface area contributed by atoms with Gasteiger partial charge >= 0.3 is 0 Å². The summed E-state index contributed by atoms with van der Waals surface area (Å²) in [5.41, 5.74) is 6.32. The third-order valence-corrected chi connectivity index (χ3v) is 4.61. The molecule has 0 saturated heterocycles. The molecule has 0 spiro atoms. The number of amides is 1. The highest BCUT2D eigenvalue weighted by Gasteiger charge is 2.33. The number of hydrogen-bond donors (Lipinski definition) is 2. The van der Waals surface area contributed by atoms with Crippen LogP contribution in [0.4, 0.5) is 0 Å². The van der Waals surface area contributed by atoms with E-state index in [1.165, 1.54) is 12.8 Å². The Labute approximate surface area is 145 Å². The highest BCUT2D eigenvalue weighted by Crippen LogP contribution is 2.25. The van der Waals surface area contributed by atoms with E-state index < -0.39 is 5.41 Å². The van der Waals surface area contributed by atoms with Crippen LogP contribution in [0.15, 0.2) is 6.20 Å². The van der Waals surface area contributed by atoms with Crippen LogP contribution in [0.5, 0.6) is 0 Å². The third kappa shape index (κ3) is 4.37. The maximum atomic E-state index is 12.3. The first-order chi connectivity index (χ1) is 9.65. The smallest absolute Gasteiger partial charge is 0.227 e. The van der Waals surface area contributed by atoms with E-state index in [1.807, 2.05) is 13.8 Å². The monoisotopic (exact) mass is 350 g/mol. The van der Waals surface area contributed by atoms with Crippen LogP contribution in [0.25, 0.3) is 0 Å². The van der Waals surface area contributed by atoms with Crippen molar-refractivity contribution in [2.45, 2.75) is 59.0 Å². The summed E-state index contributed by atoms with van der Waals surface area (Å²) in [7, 11) is 0. The minimum atomic E-state index is -0.431. The van der Waals surface area contributed by atoms with Gasteiger partial charge in [0.25, 0.3) is 0 Å². The van der Waals surface area contributed by atoms with E-state index in [0.29, 0.717) is 13.1 Å². The predicted molar refractivity (Wildman–Crippen MR) is 93.6 cm³/mol. The first kappa shape index (κ1) is 21.2. The zero-order chi connectivity index (χ0) is 14.6. The van der Waals surface area contributed by atoms with Crippen LogP contribution in [0.3, 0.4) is 0 Å². The zero-order valence-electron chi connectivity index (χ0n) is 13.4.